The minimum absolute atomic E-state index is 0.0444. The standard InChI is InChI=1S/C58H61FN4O13/c1-58(2,3)76-57(71)62-48(32-46(64)33-60-55(69)74-36-40-20-12-6-13-21-40)52(65)61-50(54(68)73-35-39-18-10-5-11-19-39)30-44-28-42(24-26-47(44)59)43-25-27-51(72-34-38-16-8-4-9-17-38)45(29-43)31-49(53(66)67)63-56(70)75-37-41-22-14-7-15-23-41/h4-29,46,48-50,64H,30-37H2,1-3H3,(H,60,69)(H,61,65)(H,62,71)(H,63,70)(H,66,67)/t46-,48+,49+,50+/m1/s1. The molecule has 0 spiro atoms. The van der Waals surface area contributed by atoms with Crippen molar-refractivity contribution in [2.75, 3.05) is 6.54 Å². The first-order valence-corrected chi connectivity index (χ1v) is 24.4. The van der Waals surface area contributed by atoms with Crippen LogP contribution in [0, 0.1) is 5.82 Å². The number of hydrogen-bond donors (Lipinski definition) is 6. The maximum Gasteiger partial charge on any atom is 0.408 e. The van der Waals surface area contributed by atoms with E-state index in [0.717, 1.165) is 11.1 Å². The van der Waals surface area contributed by atoms with Gasteiger partial charge in [0.25, 0.3) is 0 Å². The molecule has 0 radical (unpaired) electrons. The first kappa shape index (κ1) is 56.5. The van der Waals surface area contributed by atoms with Crippen LogP contribution in [-0.4, -0.2) is 82.7 Å². The fourth-order valence-electron chi connectivity index (χ4n) is 7.56. The van der Waals surface area contributed by atoms with Gasteiger partial charge in [-0.15, -0.1) is 0 Å². The van der Waals surface area contributed by atoms with Crippen LogP contribution in [0.2, 0.25) is 0 Å². The van der Waals surface area contributed by atoms with Crippen LogP contribution in [0.25, 0.3) is 11.1 Å². The van der Waals surface area contributed by atoms with Gasteiger partial charge in [-0.2, -0.15) is 0 Å². The van der Waals surface area contributed by atoms with Crippen LogP contribution >= 0.6 is 0 Å². The van der Waals surface area contributed by atoms with E-state index in [0.29, 0.717) is 33.6 Å². The highest BCUT2D eigenvalue weighted by Gasteiger charge is 2.32. The van der Waals surface area contributed by atoms with Crippen molar-refractivity contribution in [2.45, 2.75) is 96.3 Å². The summed E-state index contributed by atoms with van der Waals surface area (Å²) in [5, 5.41) is 31.2. The van der Waals surface area contributed by atoms with Gasteiger partial charge >= 0.3 is 30.2 Å². The molecular formula is C58H61FN4O13. The predicted octanol–water partition coefficient (Wildman–Crippen LogP) is 8.34. The Morgan fingerprint density at radius 3 is 1.55 bits per heavy atom. The fourth-order valence-corrected chi connectivity index (χ4v) is 7.56. The van der Waals surface area contributed by atoms with Gasteiger partial charge in [-0.3, -0.25) is 4.79 Å². The lowest BCUT2D eigenvalue weighted by atomic mass is 9.95. The van der Waals surface area contributed by atoms with Crippen molar-refractivity contribution in [1.82, 2.24) is 21.3 Å². The molecule has 4 atom stereocenters. The van der Waals surface area contributed by atoms with E-state index in [1.165, 1.54) is 18.2 Å². The molecule has 0 saturated carbocycles. The smallest absolute Gasteiger partial charge is 0.408 e. The van der Waals surface area contributed by atoms with Gasteiger partial charge in [0.1, 0.15) is 61.7 Å². The third-order valence-electron chi connectivity index (χ3n) is 11.4. The predicted molar refractivity (Wildman–Crippen MR) is 278 cm³/mol. The number of alkyl carbamates (subject to hydrolysis) is 3. The molecule has 6 aromatic rings. The Bertz CT molecular complexity index is 2870. The maximum atomic E-state index is 16.1. The third kappa shape index (κ3) is 18.9. The summed E-state index contributed by atoms with van der Waals surface area (Å²) >= 11 is 0. The zero-order valence-corrected chi connectivity index (χ0v) is 42.2. The van der Waals surface area contributed by atoms with Crippen LogP contribution in [0.15, 0.2) is 158 Å². The van der Waals surface area contributed by atoms with Crippen LogP contribution < -0.4 is 26.0 Å². The van der Waals surface area contributed by atoms with Crippen molar-refractivity contribution in [1.29, 1.82) is 0 Å². The monoisotopic (exact) mass is 1040 g/mol. The molecule has 6 N–H and O–H groups in total. The lowest BCUT2D eigenvalue weighted by molar-refractivity contribution is -0.149. The average molecular weight is 1040 g/mol. The zero-order chi connectivity index (χ0) is 54.5. The van der Waals surface area contributed by atoms with E-state index in [4.69, 9.17) is 23.7 Å². The number of nitrogens with one attached hydrogen (secondary N) is 4. The highest BCUT2D eigenvalue weighted by atomic mass is 19.1. The van der Waals surface area contributed by atoms with Gasteiger partial charge < -0.3 is 55.2 Å². The lowest BCUT2D eigenvalue weighted by Gasteiger charge is -2.26. The summed E-state index contributed by atoms with van der Waals surface area (Å²) in [6.45, 7) is 4.19. The van der Waals surface area contributed by atoms with Gasteiger partial charge in [0, 0.05) is 25.8 Å². The number of ether oxygens (including phenoxy) is 5. The Hall–Kier alpha value is -8.77. The number of amides is 4. The van der Waals surface area contributed by atoms with Crippen LogP contribution in [0.4, 0.5) is 18.8 Å². The normalized spacial score (nSPS) is 12.6. The van der Waals surface area contributed by atoms with E-state index in [1.54, 1.807) is 118 Å². The number of benzene rings is 6. The molecule has 0 bridgehead atoms. The molecule has 0 saturated heterocycles. The zero-order valence-electron chi connectivity index (χ0n) is 42.2. The second-order valence-corrected chi connectivity index (χ2v) is 18.6. The Balaban J connectivity index is 1.25. The molecule has 76 heavy (non-hydrogen) atoms. The van der Waals surface area contributed by atoms with Crippen molar-refractivity contribution in [3.05, 3.63) is 197 Å². The van der Waals surface area contributed by atoms with Crippen molar-refractivity contribution in [3.63, 3.8) is 0 Å². The summed E-state index contributed by atoms with van der Waals surface area (Å²) in [5.74, 6) is -3.73. The van der Waals surface area contributed by atoms with Gasteiger partial charge in [-0.25, -0.2) is 28.4 Å². The molecule has 398 valence electrons. The molecule has 6 rings (SSSR count). The van der Waals surface area contributed by atoms with Crippen LogP contribution in [0.1, 0.15) is 60.6 Å². The number of aliphatic carboxylic acids is 1. The molecule has 18 heteroatoms. The Morgan fingerprint density at radius 1 is 0.539 bits per heavy atom. The molecule has 0 aliphatic rings. The van der Waals surface area contributed by atoms with E-state index in [1.807, 2.05) is 42.5 Å². The maximum absolute atomic E-state index is 16.1. The van der Waals surface area contributed by atoms with Crippen LogP contribution in [0.5, 0.6) is 5.75 Å². The highest BCUT2D eigenvalue weighted by molar-refractivity contribution is 5.90. The van der Waals surface area contributed by atoms with E-state index >= 15 is 4.39 Å². The van der Waals surface area contributed by atoms with Crippen molar-refractivity contribution < 1.29 is 67.1 Å². The second-order valence-electron chi connectivity index (χ2n) is 18.6. The molecule has 4 amide bonds. The van der Waals surface area contributed by atoms with E-state index < -0.39 is 91.2 Å². The number of esters is 1. The molecule has 0 fully saturated rings. The number of halogens is 1. The van der Waals surface area contributed by atoms with Crippen LogP contribution in [-0.2, 0) is 72.6 Å². The number of carbonyl (C=O) groups excluding carboxylic acids is 5. The van der Waals surface area contributed by atoms with E-state index in [-0.39, 0.29) is 38.4 Å². The summed E-state index contributed by atoms with van der Waals surface area (Å²) in [6, 6.07) is 40.2. The topological polar surface area (TPSA) is 237 Å². The van der Waals surface area contributed by atoms with Gasteiger partial charge in [0.15, 0.2) is 0 Å². The minimum atomic E-state index is -1.58. The Morgan fingerprint density at radius 2 is 1.01 bits per heavy atom. The summed E-state index contributed by atoms with van der Waals surface area (Å²) in [6.07, 6.45) is -5.50. The Labute approximate surface area is 439 Å². The third-order valence-corrected chi connectivity index (χ3v) is 11.4. The van der Waals surface area contributed by atoms with Gasteiger partial charge in [-0.1, -0.05) is 133 Å². The van der Waals surface area contributed by atoms with Gasteiger partial charge in [-0.05, 0) is 89.5 Å². The van der Waals surface area contributed by atoms with Gasteiger partial charge in [0.2, 0.25) is 5.91 Å². The Kier molecular flexibility index (Phi) is 20.9. The number of aliphatic hydroxyl groups excluding tert-OH is 1. The number of hydrogen-bond acceptors (Lipinski definition) is 12. The molecular weight excluding hydrogens is 980 g/mol. The number of aliphatic hydroxyl groups is 1. The summed E-state index contributed by atoms with van der Waals surface area (Å²) < 4.78 is 43.9. The lowest BCUT2D eigenvalue weighted by Crippen LogP contribution is -2.54. The fraction of sp³-hybridized carbons (Fsp3) is 0.276. The summed E-state index contributed by atoms with van der Waals surface area (Å²) in [7, 11) is 0. The number of carboxylic acids is 1. The van der Waals surface area contributed by atoms with E-state index in [2.05, 4.69) is 21.3 Å². The van der Waals surface area contributed by atoms with Crippen LogP contribution in [0.3, 0.4) is 0 Å². The number of rotatable bonds is 24. The molecule has 6 aromatic carbocycles. The summed E-state index contributed by atoms with van der Waals surface area (Å²) in [5.41, 5.74) is 3.09. The second kappa shape index (κ2) is 28.1. The highest BCUT2D eigenvalue weighted by Crippen LogP contribution is 2.30. The largest absolute Gasteiger partial charge is 0.489 e. The first-order valence-electron chi connectivity index (χ1n) is 24.4. The van der Waals surface area contributed by atoms with Crippen molar-refractivity contribution in [2.24, 2.45) is 0 Å². The number of carboxylic acid groups (broad SMARTS) is 1. The van der Waals surface area contributed by atoms with Gasteiger partial charge in [0.05, 0.1) is 6.10 Å². The minimum Gasteiger partial charge on any atom is -0.489 e. The molecule has 17 nitrogen and oxygen atoms in total. The number of carbonyl (C=O) groups is 6. The van der Waals surface area contributed by atoms with E-state index in [9.17, 15) is 39.0 Å². The molecule has 0 aromatic heterocycles. The average Bonchev–Trinajstić information content (AvgIpc) is 3.41. The van der Waals surface area contributed by atoms with Crippen molar-refractivity contribution >= 4 is 36.1 Å². The van der Waals surface area contributed by atoms with Crippen molar-refractivity contribution in [3.8, 4) is 16.9 Å². The molecule has 0 aliphatic heterocycles. The quantitative estimate of drug-likeness (QED) is 0.0247. The molecule has 0 heterocycles. The summed E-state index contributed by atoms with van der Waals surface area (Å²) in [4.78, 5) is 79.4. The molecule has 0 unspecified atom stereocenters. The SMILES string of the molecule is CC(C)(C)OC(=O)N[C@@H](C[C@@H](O)CNC(=O)OCc1ccccc1)C(=O)N[C@@H](Cc1cc(-c2ccc(OCc3ccccc3)c(C[C@H](NC(=O)OCc3ccccc3)C(=O)O)c2)ccc1F)C(=O)OCc1ccccc1. The first-order chi connectivity index (χ1) is 36.5. The molecule has 0 aliphatic carbocycles.